The highest BCUT2D eigenvalue weighted by atomic mass is 35.5. The number of nitrogens with one attached hydrogen (secondary N) is 1. The third kappa shape index (κ3) is 2.48. The molecule has 106 valence electrons. The van der Waals surface area contributed by atoms with E-state index in [0.29, 0.717) is 22.5 Å². The van der Waals surface area contributed by atoms with E-state index in [1.54, 1.807) is 30.1 Å². The summed E-state index contributed by atoms with van der Waals surface area (Å²) >= 11 is 5.89. The average molecular weight is 305 g/mol. The van der Waals surface area contributed by atoms with Crippen molar-refractivity contribution in [2.75, 3.05) is 5.32 Å². The molecule has 0 aliphatic rings. The molecular formula is C12H9ClN6O2. The summed E-state index contributed by atoms with van der Waals surface area (Å²) in [4.78, 5) is 18.4. The molecule has 1 aromatic carbocycles. The Morgan fingerprint density at radius 1 is 1.29 bits per heavy atom. The van der Waals surface area contributed by atoms with E-state index >= 15 is 0 Å². The van der Waals surface area contributed by atoms with Gasteiger partial charge in [-0.05, 0) is 23.7 Å². The molecule has 3 aromatic rings. The number of nitro groups is 1. The molecule has 2 aromatic heterocycles. The summed E-state index contributed by atoms with van der Waals surface area (Å²) in [7, 11) is 1.75. The van der Waals surface area contributed by atoms with Crippen LogP contribution in [0.2, 0.25) is 5.28 Å². The number of hydrogen-bond donors (Lipinski definition) is 1. The van der Waals surface area contributed by atoms with Crippen LogP contribution in [0.4, 0.5) is 17.2 Å². The zero-order valence-corrected chi connectivity index (χ0v) is 11.6. The van der Waals surface area contributed by atoms with Crippen molar-refractivity contribution in [2.45, 2.75) is 0 Å². The van der Waals surface area contributed by atoms with Gasteiger partial charge in [-0.15, -0.1) is 0 Å². The van der Waals surface area contributed by atoms with Crippen molar-refractivity contribution in [3.8, 4) is 0 Å². The topological polar surface area (TPSA) is 98.8 Å². The van der Waals surface area contributed by atoms with Crippen molar-refractivity contribution >= 4 is 39.8 Å². The summed E-state index contributed by atoms with van der Waals surface area (Å²) in [5, 5.41) is 18.6. The first-order valence-corrected chi connectivity index (χ1v) is 6.29. The molecule has 9 heteroatoms. The smallest absolute Gasteiger partial charge is 0.269 e. The van der Waals surface area contributed by atoms with Crippen LogP contribution in [-0.4, -0.2) is 24.7 Å². The summed E-state index contributed by atoms with van der Waals surface area (Å²) < 4.78 is 1.59. The first kappa shape index (κ1) is 13.3. The monoisotopic (exact) mass is 304 g/mol. The zero-order valence-electron chi connectivity index (χ0n) is 10.8. The second-order valence-corrected chi connectivity index (χ2v) is 4.61. The maximum Gasteiger partial charge on any atom is 0.269 e. The van der Waals surface area contributed by atoms with Gasteiger partial charge in [0.15, 0.2) is 5.65 Å². The molecule has 0 aliphatic carbocycles. The lowest BCUT2D eigenvalue weighted by Gasteiger charge is -2.06. The van der Waals surface area contributed by atoms with Crippen molar-refractivity contribution in [3.63, 3.8) is 0 Å². The van der Waals surface area contributed by atoms with Gasteiger partial charge in [-0.2, -0.15) is 15.1 Å². The standard InChI is InChI=1S/C12H9ClN6O2/c1-18-11-9(6-14-18)10(16-12(13)17-11)15-7-2-4-8(5-3-7)19(20)21/h2-6H,1H3,(H,15,16,17). The van der Waals surface area contributed by atoms with Gasteiger partial charge < -0.3 is 5.32 Å². The fourth-order valence-electron chi connectivity index (χ4n) is 1.89. The Kier molecular flexibility index (Phi) is 3.15. The molecule has 21 heavy (non-hydrogen) atoms. The van der Waals surface area contributed by atoms with Crippen molar-refractivity contribution in [3.05, 3.63) is 45.9 Å². The van der Waals surface area contributed by atoms with Crippen LogP contribution in [-0.2, 0) is 7.05 Å². The molecule has 0 unspecified atom stereocenters. The number of halogens is 1. The molecule has 0 saturated carbocycles. The van der Waals surface area contributed by atoms with Gasteiger partial charge in [-0.25, -0.2) is 0 Å². The molecular weight excluding hydrogens is 296 g/mol. The Morgan fingerprint density at radius 2 is 2.00 bits per heavy atom. The summed E-state index contributed by atoms with van der Waals surface area (Å²) in [5.74, 6) is 0.493. The Bertz CT molecular complexity index is 830. The van der Waals surface area contributed by atoms with E-state index in [0.717, 1.165) is 0 Å². The zero-order chi connectivity index (χ0) is 15.0. The molecule has 0 amide bonds. The third-order valence-corrected chi connectivity index (χ3v) is 3.07. The molecule has 0 atom stereocenters. The average Bonchev–Trinajstić information content (AvgIpc) is 2.81. The van der Waals surface area contributed by atoms with Crippen LogP contribution < -0.4 is 5.32 Å². The number of nitro benzene ring substituents is 1. The van der Waals surface area contributed by atoms with Gasteiger partial charge in [-0.1, -0.05) is 0 Å². The highest BCUT2D eigenvalue weighted by Crippen LogP contribution is 2.25. The third-order valence-electron chi connectivity index (χ3n) is 2.91. The van der Waals surface area contributed by atoms with Crippen molar-refractivity contribution in [2.24, 2.45) is 7.05 Å². The van der Waals surface area contributed by atoms with E-state index in [2.05, 4.69) is 20.4 Å². The molecule has 0 aliphatic heterocycles. The number of non-ortho nitro benzene ring substituents is 1. The molecule has 0 saturated heterocycles. The van der Waals surface area contributed by atoms with Crippen LogP contribution in [0.3, 0.4) is 0 Å². The fraction of sp³-hybridized carbons (Fsp3) is 0.0833. The predicted octanol–water partition coefficient (Wildman–Crippen LogP) is 2.67. The van der Waals surface area contributed by atoms with E-state index in [1.165, 1.54) is 12.1 Å². The van der Waals surface area contributed by atoms with Gasteiger partial charge in [0.1, 0.15) is 5.82 Å². The van der Waals surface area contributed by atoms with Crippen LogP contribution in [0.1, 0.15) is 0 Å². The molecule has 1 N–H and O–H groups in total. The highest BCUT2D eigenvalue weighted by Gasteiger charge is 2.11. The Labute approximate surface area is 123 Å². The summed E-state index contributed by atoms with van der Waals surface area (Å²) in [5.41, 5.74) is 1.27. The largest absolute Gasteiger partial charge is 0.339 e. The van der Waals surface area contributed by atoms with Gasteiger partial charge in [-0.3, -0.25) is 14.8 Å². The highest BCUT2D eigenvalue weighted by molar-refractivity contribution is 6.28. The normalized spacial score (nSPS) is 10.8. The van der Waals surface area contributed by atoms with Crippen LogP contribution in [0, 0.1) is 10.1 Å². The minimum atomic E-state index is -0.454. The Balaban J connectivity index is 1.99. The molecule has 0 fully saturated rings. The van der Waals surface area contributed by atoms with Crippen LogP contribution >= 0.6 is 11.6 Å². The van der Waals surface area contributed by atoms with E-state index in [9.17, 15) is 10.1 Å². The molecule has 0 spiro atoms. The SMILES string of the molecule is Cn1ncc2c(Nc3ccc([N+](=O)[O-])cc3)nc(Cl)nc21. The maximum absolute atomic E-state index is 10.6. The first-order valence-electron chi connectivity index (χ1n) is 5.91. The second-order valence-electron chi connectivity index (χ2n) is 4.28. The van der Waals surface area contributed by atoms with Gasteiger partial charge in [0.05, 0.1) is 16.5 Å². The number of fused-ring (bicyclic) bond motifs is 1. The predicted molar refractivity (Wildman–Crippen MR) is 77.7 cm³/mol. The molecule has 3 rings (SSSR count). The fourth-order valence-corrected chi connectivity index (χ4v) is 2.06. The maximum atomic E-state index is 10.6. The Morgan fingerprint density at radius 3 is 2.67 bits per heavy atom. The van der Waals surface area contributed by atoms with Gasteiger partial charge in [0, 0.05) is 24.9 Å². The summed E-state index contributed by atoms with van der Waals surface area (Å²) in [6.45, 7) is 0. The van der Waals surface area contributed by atoms with Crippen LogP contribution in [0.25, 0.3) is 11.0 Å². The van der Waals surface area contributed by atoms with E-state index < -0.39 is 4.92 Å². The minimum absolute atomic E-state index is 0.0211. The number of rotatable bonds is 3. The van der Waals surface area contributed by atoms with Crippen molar-refractivity contribution in [1.82, 2.24) is 19.7 Å². The van der Waals surface area contributed by atoms with Crippen molar-refractivity contribution < 1.29 is 4.92 Å². The number of benzene rings is 1. The number of hydrogen-bond acceptors (Lipinski definition) is 6. The Hall–Kier alpha value is -2.74. The number of aryl methyl sites for hydroxylation is 1. The molecule has 0 bridgehead atoms. The van der Waals surface area contributed by atoms with E-state index in [-0.39, 0.29) is 11.0 Å². The van der Waals surface area contributed by atoms with Gasteiger partial charge >= 0.3 is 0 Å². The van der Waals surface area contributed by atoms with Crippen LogP contribution in [0.5, 0.6) is 0 Å². The van der Waals surface area contributed by atoms with E-state index in [1.807, 2.05) is 0 Å². The van der Waals surface area contributed by atoms with Gasteiger partial charge in [0.25, 0.3) is 5.69 Å². The lowest BCUT2D eigenvalue weighted by Crippen LogP contribution is -1.98. The second kappa shape index (κ2) is 4.98. The molecule has 2 heterocycles. The minimum Gasteiger partial charge on any atom is -0.339 e. The van der Waals surface area contributed by atoms with E-state index in [4.69, 9.17) is 11.6 Å². The molecule has 8 nitrogen and oxygen atoms in total. The number of anilines is 2. The number of aromatic nitrogens is 4. The first-order chi connectivity index (χ1) is 10.0. The van der Waals surface area contributed by atoms with Crippen molar-refractivity contribution in [1.29, 1.82) is 0 Å². The lowest BCUT2D eigenvalue weighted by atomic mass is 10.3. The number of nitrogens with zero attached hydrogens (tertiary/aromatic N) is 5. The molecule has 0 radical (unpaired) electrons. The summed E-state index contributed by atoms with van der Waals surface area (Å²) in [6, 6.07) is 6.00. The van der Waals surface area contributed by atoms with Crippen LogP contribution in [0.15, 0.2) is 30.5 Å². The lowest BCUT2D eigenvalue weighted by molar-refractivity contribution is -0.384. The summed E-state index contributed by atoms with van der Waals surface area (Å²) in [6.07, 6.45) is 1.62. The van der Waals surface area contributed by atoms with Gasteiger partial charge in [0.2, 0.25) is 5.28 Å². The quantitative estimate of drug-likeness (QED) is 0.454.